The van der Waals surface area contributed by atoms with Crippen molar-refractivity contribution in [3.63, 3.8) is 0 Å². The van der Waals surface area contributed by atoms with E-state index in [0.717, 1.165) is 10.4 Å². The SMILES string of the molecule is CCOC(=O)N1CCc2c(sc(NC(=O)C3COc4ccccc4O3)c2C#N)C1. The first-order chi connectivity index (χ1) is 14.1. The summed E-state index contributed by atoms with van der Waals surface area (Å²) in [5, 5.41) is 12.9. The molecule has 9 heteroatoms. The molecule has 2 aliphatic rings. The summed E-state index contributed by atoms with van der Waals surface area (Å²) in [5.74, 6) is 0.728. The fraction of sp³-hybridized carbons (Fsp3) is 0.350. The molecule has 8 nitrogen and oxygen atoms in total. The van der Waals surface area contributed by atoms with Crippen LogP contribution in [0, 0.1) is 11.3 Å². The zero-order valence-electron chi connectivity index (χ0n) is 15.8. The lowest BCUT2D eigenvalue weighted by Gasteiger charge is -2.25. The van der Waals surface area contributed by atoms with Gasteiger partial charge in [-0.1, -0.05) is 12.1 Å². The minimum Gasteiger partial charge on any atom is -0.485 e. The van der Waals surface area contributed by atoms with Gasteiger partial charge in [-0.3, -0.25) is 4.79 Å². The van der Waals surface area contributed by atoms with Crippen molar-refractivity contribution in [2.45, 2.75) is 26.0 Å². The van der Waals surface area contributed by atoms with Gasteiger partial charge >= 0.3 is 6.09 Å². The van der Waals surface area contributed by atoms with Crippen LogP contribution in [-0.4, -0.2) is 42.8 Å². The third kappa shape index (κ3) is 3.71. The molecule has 0 saturated heterocycles. The Kier molecular flexibility index (Phi) is 5.27. The Morgan fingerprint density at radius 2 is 2.17 bits per heavy atom. The van der Waals surface area contributed by atoms with Crippen molar-refractivity contribution in [1.29, 1.82) is 5.26 Å². The molecule has 0 aliphatic carbocycles. The van der Waals surface area contributed by atoms with Crippen molar-refractivity contribution in [1.82, 2.24) is 4.90 Å². The number of hydrogen-bond donors (Lipinski definition) is 1. The third-order valence-electron chi connectivity index (χ3n) is 4.73. The van der Waals surface area contributed by atoms with Crippen LogP contribution in [-0.2, 0) is 22.5 Å². The minimum absolute atomic E-state index is 0.0897. The van der Waals surface area contributed by atoms with Gasteiger partial charge in [0.05, 0.1) is 18.7 Å². The number of thiophene rings is 1. The first kappa shape index (κ1) is 19.1. The zero-order chi connectivity index (χ0) is 20.4. The first-order valence-electron chi connectivity index (χ1n) is 9.26. The number of rotatable bonds is 3. The smallest absolute Gasteiger partial charge is 0.410 e. The Morgan fingerprint density at radius 1 is 1.38 bits per heavy atom. The number of anilines is 1. The predicted octanol–water partition coefficient (Wildman–Crippen LogP) is 2.91. The van der Waals surface area contributed by atoms with Gasteiger partial charge in [-0.2, -0.15) is 5.26 Å². The number of benzene rings is 1. The molecule has 1 aromatic carbocycles. The summed E-state index contributed by atoms with van der Waals surface area (Å²) < 4.78 is 16.4. The molecule has 3 heterocycles. The lowest BCUT2D eigenvalue weighted by molar-refractivity contribution is -0.125. The predicted molar refractivity (Wildman–Crippen MR) is 105 cm³/mol. The maximum absolute atomic E-state index is 12.7. The Labute approximate surface area is 171 Å². The Balaban J connectivity index is 1.49. The number of fused-ring (bicyclic) bond motifs is 2. The molecule has 0 bridgehead atoms. The van der Waals surface area contributed by atoms with E-state index in [-0.39, 0.29) is 18.6 Å². The highest BCUT2D eigenvalue weighted by molar-refractivity contribution is 7.16. The van der Waals surface area contributed by atoms with E-state index in [1.165, 1.54) is 11.3 Å². The van der Waals surface area contributed by atoms with E-state index in [4.69, 9.17) is 14.2 Å². The minimum atomic E-state index is -0.813. The van der Waals surface area contributed by atoms with Crippen molar-refractivity contribution in [2.75, 3.05) is 25.1 Å². The maximum atomic E-state index is 12.7. The van der Waals surface area contributed by atoms with Crippen molar-refractivity contribution >= 4 is 28.3 Å². The van der Waals surface area contributed by atoms with E-state index in [9.17, 15) is 14.9 Å². The Hall–Kier alpha value is -3.25. The zero-order valence-corrected chi connectivity index (χ0v) is 16.6. The average molecular weight is 413 g/mol. The van der Waals surface area contributed by atoms with Crippen LogP contribution in [0.1, 0.15) is 22.9 Å². The van der Waals surface area contributed by atoms with Gasteiger partial charge in [0.2, 0.25) is 6.10 Å². The van der Waals surface area contributed by atoms with Gasteiger partial charge in [0.25, 0.3) is 5.91 Å². The highest BCUT2D eigenvalue weighted by Gasteiger charge is 2.31. The quantitative estimate of drug-likeness (QED) is 0.830. The summed E-state index contributed by atoms with van der Waals surface area (Å²) in [7, 11) is 0. The van der Waals surface area contributed by atoms with E-state index < -0.39 is 6.10 Å². The summed E-state index contributed by atoms with van der Waals surface area (Å²) >= 11 is 1.30. The number of hydrogen-bond acceptors (Lipinski definition) is 7. The second-order valence-electron chi connectivity index (χ2n) is 6.54. The number of carbonyl (C=O) groups is 2. The van der Waals surface area contributed by atoms with Crippen LogP contribution in [0.15, 0.2) is 24.3 Å². The largest absolute Gasteiger partial charge is 0.485 e. The Morgan fingerprint density at radius 3 is 2.93 bits per heavy atom. The molecular formula is C20H19N3O5S. The third-order valence-corrected chi connectivity index (χ3v) is 5.86. The molecule has 150 valence electrons. The van der Waals surface area contributed by atoms with E-state index in [1.807, 2.05) is 6.07 Å². The number of amides is 2. The van der Waals surface area contributed by atoms with E-state index in [1.54, 1.807) is 30.0 Å². The number of nitriles is 1. The summed E-state index contributed by atoms with van der Waals surface area (Å²) in [4.78, 5) is 27.2. The summed E-state index contributed by atoms with van der Waals surface area (Å²) in [6.45, 7) is 2.99. The van der Waals surface area contributed by atoms with E-state index in [2.05, 4.69) is 11.4 Å². The molecule has 0 radical (unpaired) electrons. The van der Waals surface area contributed by atoms with Crippen molar-refractivity contribution in [3.05, 3.63) is 40.3 Å². The van der Waals surface area contributed by atoms with Gasteiger partial charge in [-0.05, 0) is 31.0 Å². The van der Waals surface area contributed by atoms with Crippen molar-refractivity contribution in [2.24, 2.45) is 0 Å². The number of nitrogens with zero attached hydrogens (tertiary/aromatic N) is 2. The van der Waals surface area contributed by atoms with Crippen LogP contribution in [0.5, 0.6) is 11.5 Å². The topological polar surface area (TPSA) is 101 Å². The number of nitrogens with one attached hydrogen (secondary N) is 1. The van der Waals surface area contributed by atoms with Gasteiger partial charge in [-0.15, -0.1) is 11.3 Å². The van der Waals surface area contributed by atoms with Crippen LogP contribution in [0.4, 0.5) is 9.80 Å². The molecular weight excluding hydrogens is 394 g/mol. The van der Waals surface area contributed by atoms with Crippen LogP contribution in [0.25, 0.3) is 0 Å². The fourth-order valence-corrected chi connectivity index (χ4v) is 4.54. The van der Waals surface area contributed by atoms with Crippen molar-refractivity contribution < 1.29 is 23.8 Å². The Bertz CT molecular complexity index is 996. The molecule has 0 spiro atoms. The molecule has 4 rings (SSSR count). The van der Waals surface area contributed by atoms with Crippen LogP contribution < -0.4 is 14.8 Å². The first-order valence-corrected chi connectivity index (χ1v) is 10.1. The molecule has 2 aromatic rings. The average Bonchev–Trinajstić information content (AvgIpc) is 3.09. The number of carbonyl (C=O) groups excluding carboxylic acids is 2. The molecule has 1 atom stereocenters. The molecule has 29 heavy (non-hydrogen) atoms. The number of ether oxygens (including phenoxy) is 3. The molecule has 0 fully saturated rings. The molecule has 1 N–H and O–H groups in total. The van der Waals surface area contributed by atoms with Gasteiger partial charge in [0.1, 0.15) is 17.7 Å². The molecule has 2 amide bonds. The van der Waals surface area contributed by atoms with Gasteiger partial charge in [0.15, 0.2) is 11.5 Å². The van der Waals surface area contributed by atoms with Crippen LogP contribution in [0.3, 0.4) is 0 Å². The van der Waals surface area contributed by atoms with E-state index in [0.29, 0.717) is 48.2 Å². The second-order valence-corrected chi connectivity index (χ2v) is 7.65. The number of para-hydroxylation sites is 2. The molecule has 0 saturated carbocycles. The summed E-state index contributed by atoms with van der Waals surface area (Å²) in [6.07, 6.45) is -0.645. The summed E-state index contributed by atoms with van der Waals surface area (Å²) in [5.41, 5.74) is 1.32. The van der Waals surface area contributed by atoms with Gasteiger partial charge in [-0.25, -0.2) is 4.79 Å². The maximum Gasteiger partial charge on any atom is 0.410 e. The summed E-state index contributed by atoms with van der Waals surface area (Å²) in [6, 6.07) is 9.34. The lowest BCUT2D eigenvalue weighted by Crippen LogP contribution is -2.40. The molecule has 1 aromatic heterocycles. The van der Waals surface area contributed by atoms with Gasteiger partial charge < -0.3 is 24.4 Å². The second kappa shape index (κ2) is 8.01. The van der Waals surface area contributed by atoms with E-state index >= 15 is 0 Å². The standard InChI is InChI=1S/C20H19N3O5S/c1-2-26-20(25)23-8-7-12-13(9-21)19(29-17(12)10-23)22-18(24)16-11-27-14-5-3-4-6-15(14)28-16/h3-6,16H,2,7-8,10-11H2,1H3,(H,22,24). The molecule has 1 unspecified atom stereocenters. The van der Waals surface area contributed by atoms with Crippen LogP contribution in [0.2, 0.25) is 0 Å². The normalized spacial score (nSPS) is 17.1. The van der Waals surface area contributed by atoms with Crippen molar-refractivity contribution in [3.8, 4) is 17.6 Å². The monoisotopic (exact) mass is 413 g/mol. The lowest BCUT2D eigenvalue weighted by atomic mass is 10.0. The van der Waals surface area contributed by atoms with Crippen LogP contribution >= 0.6 is 11.3 Å². The fourth-order valence-electron chi connectivity index (χ4n) is 3.32. The highest BCUT2D eigenvalue weighted by Crippen LogP contribution is 2.37. The molecule has 2 aliphatic heterocycles. The highest BCUT2D eigenvalue weighted by atomic mass is 32.1. The van der Waals surface area contributed by atoms with Gasteiger partial charge in [0, 0.05) is 11.4 Å².